The van der Waals surface area contributed by atoms with Gasteiger partial charge in [-0.1, -0.05) is 73.5 Å². The maximum Gasteiger partial charge on any atom is 0.239 e. The highest BCUT2D eigenvalue weighted by molar-refractivity contribution is 8.14. The molecular weight excluding hydrogens is 477 g/mol. The molecule has 10 heteroatoms. The van der Waals surface area contributed by atoms with Gasteiger partial charge in [-0.25, -0.2) is 13.6 Å². The molecule has 1 saturated heterocycles. The van der Waals surface area contributed by atoms with E-state index in [-0.39, 0.29) is 27.0 Å². The van der Waals surface area contributed by atoms with Crippen LogP contribution in [0.25, 0.3) is 0 Å². The second-order valence-corrected chi connectivity index (χ2v) is 12.1. The van der Waals surface area contributed by atoms with E-state index < -0.39 is 15.7 Å². The summed E-state index contributed by atoms with van der Waals surface area (Å²) < 4.78 is 24.1. The second-order valence-electron chi connectivity index (χ2n) is 8.78. The van der Waals surface area contributed by atoms with E-state index in [1.165, 1.54) is 49.6 Å². The fraction of sp³-hybridized carbons (Fsp3) is 0.667. The van der Waals surface area contributed by atoms with E-state index >= 15 is 0 Å². The Labute approximate surface area is 198 Å². The fourth-order valence-electron chi connectivity index (χ4n) is 4.99. The van der Waals surface area contributed by atoms with Crippen LogP contribution < -0.4 is 5.14 Å². The van der Waals surface area contributed by atoms with Crippen molar-refractivity contribution >= 4 is 50.2 Å². The fourth-order valence-corrected chi connectivity index (χ4v) is 7.74. The summed E-state index contributed by atoms with van der Waals surface area (Å²) >= 11 is 14.1. The molecule has 0 aromatic heterocycles. The summed E-state index contributed by atoms with van der Waals surface area (Å²) in [5.41, 5.74) is -1.16. The van der Waals surface area contributed by atoms with Crippen LogP contribution in [-0.4, -0.2) is 41.4 Å². The van der Waals surface area contributed by atoms with Gasteiger partial charge in [0.1, 0.15) is 4.90 Å². The Kier molecular flexibility index (Phi) is 7.16. The topological polar surface area (TPSA) is 96.0 Å². The smallest absolute Gasteiger partial charge is 0.239 e. The summed E-state index contributed by atoms with van der Waals surface area (Å²) in [4.78, 5) is 6.84. The molecule has 6 nitrogen and oxygen atoms in total. The minimum Gasteiger partial charge on any atom is -0.366 e. The lowest BCUT2D eigenvalue weighted by Gasteiger charge is -2.42. The number of primary sulfonamides is 1. The Hall–Kier alpha value is -0.510. The summed E-state index contributed by atoms with van der Waals surface area (Å²) in [5.74, 6) is 0.320. The van der Waals surface area contributed by atoms with Crippen LogP contribution in [0.2, 0.25) is 10.0 Å². The SMILES string of the molecule is NS(=O)(=O)c1cc(C2(O)CSC(=NC3CCCCC3)N2C2CCCCC2)c(Cl)cc1Cl. The van der Waals surface area contributed by atoms with Gasteiger partial charge in [-0.15, -0.1) is 0 Å². The molecule has 1 aromatic carbocycles. The second kappa shape index (κ2) is 9.39. The average Bonchev–Trinajstić information content (AvgIpc) is 3.05. The maximum atomic E-state index is 12.1. The van der Waals surface area contributed by atoms with Gasteiger partial charge in [-0.2, -0.15) is 0 Å². The van der Waals surface area contributed by atoms with Crippen LogP contribution in [0.4, 0.5) is 0 Å². The first kappa shape index (κ1) is 23.6. The zero-order valence-corrected chi connectivity index (χ0v) is 20.5. The molecule has 1 heterocycles. The molecule has 1 unspecified atom stereocenters. The molecule has 1 atom stereocenters. The molecule has 0 bridgehead atoms. The van der Waals surface area contributed by atoms with E-state index in [4.69, 9.17) is 33.3 Å². The molecule has 3 N–H and O–H groups in total. The van der Waals surface area contributed by atoms with E-state index in [9.17, 15) is 13.5 Å². The summed E-state index contributed by atoms with van der Waals surface area (Å²) in [6, 6.07) is 3.09. The monoisotopic (exact) mass is 505 g/mol. The third kappa shape index (κ3) is 4.89. The van der Waals surface area contributed by atoms with E-state index in [2.05, 4.69) is 0 Å². The molecule has 0 spiro atoms. The molecular formula is C21H29Cl2N3O3S2. The van der Waals surface area contributed by atoms with Crippen molar-refractivity contribution in [3.8, 4) is 0 Å². The lowest BCUT2D eigenvalue weighted by Crippen LogP contribution is -2.51. The van der Waals surface area contributed by atoms with Crippen molar-refractivity contribution in [3.05, 3.63) is 27.7 Å². The highest BCUT2D eigenvalue weighted by atomic mass is 35.5. The predicted molar refractivity (Wildman–Crippen MR) is 127 cm³/mol. The molecule has 1 aliphatic heterocycles. The van der Waals surface area contributed by atoms with E-state index in [1.807, 2.05) is 4.90 Å². The van der Waals surface area contributed by atoms with Crippen molar-refractivity contribution in [2.45, 2.75) is 86.9 Å². The summed E-state index contributed by atoms with van der Waals surface area (Å²) in [5, 5.41) is 18.4. The van der Waals surface area contributed by atoms with Crippen molar-refractivity contribution in [1.82, 2.24) is 4.90 Å². The Balaban J connectivity index is 1.79. The van der Waals surface area contributed by atoms with Crippen molar-refractivity contribution in [2.24, 2.45) is 10.1 Å². The highest BCUT2D eigenvalue weighted by Crippen LogP contribution is 2.47. The Bertz CT molecular complexity index is 961. The largest absolute Gasteiger partial charge is 0.366 e. The number of aliphatic imine (C=N–C) groups is 1. The van der Waals surface area contributed by atoms with Gasteiger partial charge in [0.05, 0.1) is 21.8 Å². The number of amidine groups is 1. The van der Waals surface area contributed by atoms with E-state index in [0.29, 0.717) is 11.3 Å². The molecule has 2 saturated carbocycles. The maximum absolute atomic E-state index is 12.1. The van der Waals surface area contributed by atoms with Gasteiger partial charge in [0.15, 0.2) is 10.9 Å². The number of benzene rings is 1. The number of hydrogen-bond donors (Lipinski definition) is 2. The first-order chi connectivity index (χ1) is 14.7. The molecule has 0 radical (unpaired) electrons. The van der Waals surface area contributed by atoms with Gasteiger partial charge in [0.2, 0.25) is 10.0 Å². The number of hydrogen-bond acceptors (Lipinski definition) is 5. The minimum atomic E-state index is -4.06. The summed E-state index contributed by atoms with van der Waals surface area (Å²) in [6.45, 7) is 0. The lowest BCUT2D eigenvalue weighted by atomic mass is 9.91. The van der Waals surface area contributed by atoms with Crippen molar-refractivity contribution in [1.29, 1.82) is 0 Å². The third-order valence-corrected chi connectivity index (χ3v) is 9.37. The van der Waals surface area contributed by atoms with Crippen molar-refractivity contribution in [2.75, 3.05) is 5.75 Å². The van der Waals surface area contributed by atoms with Crippen LogP contribution in [0.1, 0.15) is 69.8 Å². The molecule has 0 amide bonds. The molecule has 31 heavy (non-hydrogen) atoms. The zero-order valence-electron chi connectivity index (χ0n) is 17.4. The first-order valence-electron chi connectivity index (χ1n) is 10.9. The number of sulfonamides is 1. The molecule has 2 aliphatic carbocycles. The van der Waals surface area contributed by atoms with E-state index in [0.717, 1.165) is 43.7 Å². The predicted octanol–water partition coefficient (Wildman–Crippen LogP) is 4.86. The normalized spacial score (nSPS) is 27.9. The third-order valence-electron chi connectivity index (χ3n) is 6.57. The van der Waals surface area contributed by atoms with Crippen LogP contribution in [0.5, 0.6) is 0 Å². The molecule has 3 aliphatic rings. The van der Waals surface area contributed by atoms with Gasteiger partial charge < -0.3 is 10.0 Å². The van der Waals surface area contributed by atoms with Gasteiger partial charge >= 0.3 is 0 Å². The van der Waals surface area contributed by atoms with Gasteiger partial charge in [0, 0.05) is 11.6 Å². The summed E-state index contributed by atoms with van der Waals surface area (Å²) in [7, 11) is -4.06. The van der Waals surface area contributed by atoms with Gasteiger partial charge in [-0.3, -0.25) is 4.99 Å². The minimum absolute atomic E-state index is 0.0502. The highest BCUT2D eigenvalue weighted by Gasteiger charge is 2.49. The zero-order chi connectivity index (χ0) is 22.2. The van der Waals surface area contributed by atoms with Crippen molar-refractivity contribution < 1.29 is 13.5 Å². The molecule has 1 aromatic rings. The quantitative estimate of drug-likeness (QED) is 0.608. The summed E-state index contributed by atoms with van der Waals surface area (Å²) in [6.07, 6.45) is 11.0. The Morgan fingerprint density at radius 3 is 2.26 bits per heavy atom. The number of aliphatic hydroxyl groups is 1. The van der Waals surface area contributed by atoms with E-state index in [1.54, 1.807) is 0 Å². The number of rotatable bonds is 4. The Morgan fingerprint density at radius 2 is 1.65 bits per heavy atom. The molecule has 3 fully saturated rings. The van der Waals surface area contributed by atoms with Crippen LogP contribution in [-0.2, 0) is 15.7 Å². The van der Waals surface area contributed by atoms with Crippen LogP contribution in [0.15, 0.2) is 22.0 Å². The van der Waals surface area contributed by atoms with Crippen LogP contribution in [0.3, 0.4) is 0 Å². The standard InChI is InChI=1S/C21H29Cl2N3O3S2/c22-17-12-18(23)19(31(24,28)29)11-16(17)21(27)13-30-20(25-14-7-3-1-4-8-14)26(21)15-9-5-2-6-10-15/h11-12,14-15,27H,1-10,13H2,(H2,24,28,29). The van der Waals surface area contributed by atoms with Crippen LogP contribution in [0, 0.1) is 0 Å². The number of thioether (sulfide) groups is 1. The number of nitrogens with two attached hydrogens (primary N) is 1. The first-order valence-corrected chi connectivity index (χ1v) is 14.2. The van der Waals surface area contributed by atoms with Crippen LogP contribution >= 0.6 is 35.0 Å². The lowest BCUT2D eigenvalue weighted by molar-refractivity contribution is -0.0736. The molecule has 172 valence electrons. The van der Waals surface area contributed by atoms with Crippen molar-refractivity contribution in [3.63, 3.8) is 0 Å². The number of nitrogens with zero attached hydrogens (tertiary/aromatic N) is 2. The average molecular weight is 507 g/mol. The molecule has 4 rings (SSSR count). The Morgan fingerprint density at radius 1 is 1.03 bits per heavy atom. The van der Waals surface area contributed by atoms with Gasteiger partial charge in [0.25, 0.3) is 0 Å². The number of halogens is 2. The van der Waals surface area contributed by atoms with Gasteiger partial charge in [-0.05, 0) is 37.8 Å².